The number of rotatable bonds is 2. The van der Waals surface area contributed by atoms with E-state index in [0.717, 1.165) is 10.8 Å². The van der Waals surface area contributed by atoms with Crippen molar-refractivity contribution in [2.75, 3.05) is 0 Å². The number of aromatic hydroxyl groups is 1. The number of hydrogen-bond acceptors (Lipinski definition) is 2. The summed E-state index contributed by atoms with van der Waals surface area (Å²) in [6.07, 6.45) is 0. The number of benzene rings is 2. The summed E-state index contributed by atoms with van der Waals surface area (Å²) in [7, 11) is 0. The molecule has 0 spiro atoms. The Bertz CT molecular complexity index is 585. The summed E-state index contributed by atoms with van der Waals surface area (Å²) in [5, 5.41) is 20.9. The lowest BCUT2D eigenvalue weighted by Crippen LogP contribution is -2.01. The third-order valence-electron chi connectivity index (χ3n) is 2.87. The molecule has 0 aliphatic heterocycles. The van der Waals surface area contributed by atoms with Gasteiger partial charge in [0.2, 0.25) is 0 Å². The van der Waals surface area contributed by atoms with Gasteiger partial charge in [0.05, 0.1) is 0 Å². The van der Waals surface area contributed by atoms with Crippen LogP contribution in [0, 0.1) is 0 Å². The number of hydrogen-bond donors (Lipinski definition) is 2. The van der Waals surface area contributed by atoms with Crippen LogP contribution < -0.4 is 0 Å². The third kappa shape index (κ3) is 1.84. The monoisotopic (exact) mass is 230 g/mol. The molecule has 88 valence electrons. The first-order valence-corrected chi connectivity index (χ1v) is 5.50. The van der Waals surface area contributed by atoms with Gasteiger partial charge < -0.3 is 10.2 Å². The van der Waals surface area contributed by atoms with Crippen molar-refractivity contribution in [3.63, 3.8) is 0 Å². The molecule has 3 heteroatoms. The van der Waals surface area contributed by atoms with E-state index in [1.807, 2.05) is 38.1 Å². The van der Waals surface area contributed by atoms with Gasteiger partial charge in [-0.2, -0.15) is 0 Å². The number of fused-ring (bicyclic) bond motifs is 1. The molecule has 0 radical (unpaired) electrons. The molecule has 3 nitrogen and oxygen atoms in total. The smallest absolute Gasteiger partial charge is 0.339 e. The quantitative estimate of drug-likeness (QED) is 0.831. The van der Waals surface area contributed by atoms with Crippen LogP contribution in [0.5, 0.6) is 5.75 Å². The summed E-state index contributed by atoms with van der Waals surface area (Å²) < 4.78 is 0. The molecule has 0 saturated carbocycles. The van der Waals surface area contributed by atoms with Crippen LogP contribution in [0.3, 0.4) is 0 Å². The van der Waals surface area contributed by atoms with Gasteiger partial charge in [-0.1, -0.05) is 38.1 Å². The van der Waals surface area contributed by atoms with Crippen molar-refractivity contribution in [1.29, 1.82) is 0 Å². The fourth-order valence-corrected chi connectivity index (χ4v) is 2.11. The summed E-state index contributed by atoms with van der Waals surface area (Å²) in [5.74, 6) is -1.15. The Labute approximate surface area is 99.3 Å². The van der Waals surface area contributed by atoms with E-state index in [4.69, 9.17) is 5.11 Å². The zero-order valence-corrected chi connectivity index (χ0v) is 9.77. The van der Waals surface area contributed by atoms with Gasteiger partial charge in [-0.15, -0.1) is 0 Å². The molecule has 2 rings (SSSR count). The second kappa shape index (κ2) is 4.09. The molecule has 0 bridgehead atoms. The fourth-order valence-electron chi connectivity index (χ4n) is 2.11. The first-order valence-electron chi connectivity index (χ1n) is 5.50. The van der Waals surface area contributed by atoms with Crippen LogP contribution >= 0.6 is 0 Å². The Morgan fingerprint density at radius 2 is 1.88 bits per heavy atom. The minimum Gasteiger partial charge on any atom is -0.507 e. The largest absolute Gasteiger partial charge is 0.507 e. The number of carbonyl (C=O) groups is 1. The molecule has 17 heavy (non-hydrogen) atoms. The van der Waals surface area contributed by atoms with Gasteiger partial charge in [-0.05, 0) is 22.8 Å². The molecule has 0 aliphatic rings. The lowest BCUT2D eigenvalue weighted by atomic mass is 9.92. The zero-order chi connectivity index (χ0) is 12.6. The highest BCUT2D eigenvalue weighted by molar-refractivity contribution is 5.99. The van der Waals surface area contributed by atoms with Gasteiger partial charge in [0.25, 0.3) is 0 Å². The zero-order valence-electron chi connectivity index (χ0n) is 9.77. The van der Waals surface area contributed by atoms with Crippen molar-refractivity contribution in [2.45, 2.75) is 19.8 Å². The van der Waals surface area contributed by atoms with Crippen molar-refractivity contribution in [3.05, 3.63) is 41.5 Å². The number of aromatic carboxylic acids is 1. The highest BCUT2D eigenvalue weighted by atomic mass is 16.4. The molecular weight excluding hydrogens is 216 g/mol. The molecule has 2 aromatic rings. The molecule has 0 saturated heterocycles. The maximum Gasteiger partial charge on any atom is 0.339 e. The van der Waals surface area contributed by atoms with Crippen LogP contribution in [0.15, 0.2) is 30.3 Å². The van der Waals surface area contributed by atoms with E-state index in [9.17, 15) is 9.90 Å². The second-order valence-electron chi connectivity index (χ2n) is 4.37. The second-order valence-corrected chi connectivity index (χ2v) is 4.37. The highest BCUT2D eigenvalue weighted by Gasteiger charge is 2.18. The van der Waals surface area contributed by atoms with Crippen LogP contribution in [-0.2, 0) is 0 Å². The van der Waals surface area contributed by atoms with E-state index in [-0.39, 0.29) is 17.2 Å². The van der Waals surface area contributed by atoms with Crippen LogP contribution in [0.4, 0.5) is 0 Å². The molecular formula is C14H14O3. The van der Waals surface area contributed by atoms with Crippen molar-refractivity contribution >= 4 is 16.7 Å². The van der Waals surface area contributed by atoms with Crippen LogP contribution in [-0.4, -0.2) is 16.2 Å². The molecule has 0 aromatic heterocycles. The SMILES string of the molecule is CC(C)c1c(O)c(C(=O)O)cc2ccccc12. The van der Waals surface area contributed by atoms with Gasteiger partial charge >= 0.3 is 5.97 Å². The molecule has 2 aromatic carbocycles. The summed E-state index contributed by atoms with van der Waals surface area (Å²) in [6.45, 7) is 3.88. The lowest BCUT2D eigenvalue weighted by molar-refractivity contribution is 0.0693. The van der Waals surface area contributed by atoms with Gasteiger partial charge in [-0.25, -0.2) is 4.79 Å². The molecule has 0 atom stereocenters. The predicted octanol–water partition coefficient (Wildman–Crippen LogP) is 3.37. The van der Waals surface area contributed by atoms with E-state index in [1.165, 1.54) is 6.07 Å². The molecule has 0 fully saturated rings. The van der Waals surface area contributed by atoms with E-state index in [0.29, 0.717) is 5.56 Å². The third-order valence-corrected chi connectivity index (χ3v) is 2.87. The summed E-state index contributed by atoms with van der Waals surface area (Å²) in [4.78, 5) is 11.1. The highest BCUT2D eigenvalue weighted by Crippen LogP contribution is 2.36. The van der Waals surface area contributed by atoms with Crippen molar-refractivity contribution in [3.8, 4) is 5.75 Å². The number of carboxylic acid groups (broad SMARTS) is 1. The average Bonchev–Trinajstić information content (AvgIpc) is 2.27. The van der Waals surface area contributed by atoms with E-state index in [2.05, 4.69) is 0 Å². The Hall–Kier alpha value is -2.03. The average molecular weight is 230 g/mol. The molecule has 0 aliphatic carbocycles. The molecule has 0 amide bonds. The molecule has 0 unspecified atom stereocenters. The normalized spacial score (nSPS) is 11.0. The van der Waals surface area contributed by atoms with Gasteiger partial charge in [-0.3, -0.25) is 0 Å². The Morgan fingerprint density at radius 3 is 2.47 bits per heavy atom. The standard InChI is InChI=1S/C14H14O3/c1-8(2)12-10-6-4-3-5-9(10)7-11(13(12)15)14(16)17/h3-8,15H,1-2H3,(H,16,17). The van der Waals surface area contributed by atoms with Gasteiger partial charge in [0.15, 0.2) is 0 Å². The van der Waals surface area contributed by atoms with Gasteiger partial charge in [0.1, 0.15) is 11.3 Å². The Morgan fingerprint density at radius 1 is 1.24 bits per heavy atom. The summed E-state index contributed by atoms with van der Waals surface area (Å²) in [6, 6.07) is 9.01. The van der Waals surface area contributed by atoms with Gasteiger partial charge in [0, 0.05) is 5.56 Å². The lowest BCUT2D eigenvalue weighted by Gasteiger charge is -2.14. The maximum atomic E-state index is 11.1. The van der Waals surface area contributed by atoms with E-state index >= 15 is 0 Å². The predicted molar refractivity (Wildman–Crippen MR) is 66.7 cm³/mol. The number of phenols is 1. The minimum absolute atomic E-state index is 0.0348. The first-order chi connectivity index (χ1) is 8.02. The van der Waals surface area contributed by atoms with Crippen LogP contribution in [0.2, 0.25) is 0 Å². The summed E-state index contributed by atoms with van der Waals surface area (Å²) in [5.41, 5.74) is 0.660. The minimum atomic E-state index is -1.10. The van der Waals surface area contributed by atoms with Crippen molar-refractivity contribution in [1.82, 2.24) is 0 Å². The topological polar surface area (TPSA) is 57.5 Å². The van der Waals surface area contributed by atoms with Crippen molar-refractivity contribution < 1.29 is 15.0 Å². The maximum absolute atomic E-state index is 11.1. The molecule has 0 heterocycles. The summed E-state index contributed by atoms with van der Waals surface area (Å²) >= 11 is 0. The fraction of sp³-hybridized carbons (Fsp3) is 0.214. The van der Waals surface area contributed by atoms with Crippen LogP contribution in [0.1, 0.15) is 35.7 Å². The van der Waals surface area contributed by atoms with Crippen LogP contribution in [0.25, 0.3) is 10.8 Å². The first kappa shape index (κ1) is 11.5. The van der Waals surface area contributed by atoms with E-state index in [1.54, 1.807) is 0 Å². The Kier molecular flexibility index (Phi) is 2.76. The number of carboxylic acids is 1. The van der Waals surface area contributed by atoms with Crippen molar-refractivity contribution in [2.24, 2.45) is 0 Å². The Balaban J connectivity index is 2.90. The molecule has 2 N–H and O–H groups in total. The van der Waals surface area contributed by atoms with E-state index < -0.39 is 5.97 Å².